The summed E-state index contributed by atoms with van der Waals surface area (Å²) in [5.74, 6) is 0. The van der Waals surface area contributed by atoms with Gasteiger partial charge in [-0.3, -0.25) is 0 Å². The van der Waals surface area contributed by atoms with E-state index >= 15 is 0 Å². The van der Waals surface area contributed by atoms with Crippen molar-refractivity contribution in [2.24, 2.45) is 0 Å². The standard InChI is InChI=1S/C18H32O16/c19-1-4-7(22)8(23)12(27)17(31-4)34-15-6(3-21)32-18(13(28)10(15)25)33-14-5(2-20)30-16(29)11(26)9(14)24/h4-29H,1-3H2/t4?,5?,6?,7-,8+,9-,10-,11?,12?,13?,14-,15-,16+,17-,18+/m1/s1. The second kappa shape index (κ2) is 11.6. The molecule has 3 saturated heterocycles. The van der Waals surface area contributed by atoms with E-state index in [1.54, 1.807) is 0 Å². The minimum atomic E-state index is -1.91. The fourth-order valence-corrected chi connectivity index (χ4v) is 4.06. The highest BCUT2D eigenvalue weighted by molar-refractivity contribution is 4.96. The Balaban J connectivity index is 1.72. The first-order valence-corrected chi connectivity index (χ1v) is 10.6. The molecule has 16 heteroatoms. The van der Waals surface area contributed by atoms with Crippen LogP contribution in [-0.4, -0.2) is 168 Å². The predicted octanol–water partition coefficient (Wildman–Crippen LogP) is -7.57. The molecule has 0 aromatic rings. The van der Waals surface area contributed by atoms with Gasteiger partial charge in [0.25, 0.3) is 0 Å². The molecule has 0 bridgehead atoms. The second-order valence-electron chi connectivity index (χ2n) is 8.33. The molecule has 0 aromatic heterocycles. The number of aliphatic hydroxyl groups excluding tert-OH is 11. The molecule has 3 rings (SSSR count). The van der Waals surface area contributed by atoms with E-state index in [0.717, 1.165) is 0 Å². The minimum Gasteiger partial charge on any atom is -0.394 e. The molecule has 0 spiro atoms. The van der Waals surface area contributed by atoms with Crippen LogP contribution in [-0.2, 0) is 23.7 Å². The summed E-state index contributed by atoms with van der Waals surface area (Å²) in [5.41, 5.74) is 0. The monoisotopic (exact) mass is 504 g/mol. The lowest BCUT2D eigenvalue weighted by molar-refractivity contribution is -0.377. The molecule has 0 saturated carbocycles. The SMILES string of the molecule is OCC1O[C@H](O[C@@H]2C(CO)O[C@@H](O[C@@H]3C(CO)O[C@H](O)C(O)[C@H]3O)C(O)[C@H]2O)C(O)[C@@H](O)[C@@H]1O. The normalized spacial score (nSPS) is 52.5. The van der Waals surface area contributed by atoms with Gasteiger partial charge >= 0.3 is 0 Å². The number of rotatable bonds is 7. The van der Waals surface area contributed by atoms with Crippen LogP contribution in [0.5, 0.6) is 0 Å². The molecule has 3 heterocycles. The van der Waals surface area contributed by atoms with Crippen molar-refractivity contribution >= 4 is 0 Å². The molecule has 3 aliphatic heterocycles. The van der Waals surface area contributed by atoms with Crippen molar-refractivity contribution in [2.45, 2.75) is 92.1 Å². The quantitative estimate of drug-likeness (QED) is 0.154. The van der Waals surface area contributed by atoms with Gasteiger partial charge in [0.1, 0.15) is 73.2 Å². The molecular weight excluding hydrogens is 472 g/mol. The first-order chi connectivity index (χ1) is 16.0. The Morgan fingerprint density at radius 2 is 0.853 bits per heavy atom. The van der Waals surface area contributed by atoms with Crippen molar-refractivity contribution in [3.05, 3.63) is 0 Å². The smallest absolute Gasteiger partial charge is 0.187 e. The summed E-state index contributed by atoms with van der Waals surface area (Å²) in [4.78, 5) is 0. The Morgan fingerprint density at radius 3 is 1.35 bits per heavy atom. The number of aliphatic hydroxyl groups is 11. The fraction of sp³-hybridized carbons (Fsp3) is 1.00. The Labute approximate surface area is 192 Å². The van der Waals surface area contributed by atoms with Crippen molar-refractivity contribution in [2.75, 3.05) is 19.8 Å². The van der Waals surface area contributed by atoms with Crippen molar-refractivity contribution in [3.8, 4) is 0 Å². The molecule has 16 nitrogen and oxygen atoms in total. The zero-order valence-corrected chi connectivity index (χ0v) is 17.7. The zero-order valence-electron chi connectivity index (χ0n) is 17.7. The summed E-state index contributed by atoms with van der Waals surface area (Å²) in [5, 5.41) is 109. The molecule has 34 heavy (non-hydrogen) atoms. The molecule has 0 radical (unpaired) electrons. The molecule has 3 fully saturated rings. The Kier molecular flexibility index (Phi) is 9.54. The maximum atomic E-state index is 10.6. The van der Waals surface area contributed by atoms with Crippen LogP contribution in [0.15, 0.2) is 0 Å². The molecule has 0 amide bonds. The van der Waals surface area contributed by atoms with Gasteiger partial charge < -0.3 is 79.9 Å². The van der Waals surface area contributed by atoms with E-state index in [0.29, 0.717) is 0 Å². The third-order valence-electron chi connectivity index (χ3n) is 6.09. The fourth-order valence-electron chi connectivity index (χ4n) is 4.06. The Morgan fingerprint density at radius 1 is 0.441 bits per heavy atom. The molecule has 3 aliphatic rings. The number of ether oxygens (including phenoxy) is 5. The van der Waals surface area contributed by atoms with Gasteiger partial charge in [0.05, 0.1) is 19.8 Å². The van der Waals surface area contributed by atoms with E-state index in [1.165, 1.54) is 0 Å². The molecule has 0 aromatic carbocycles. The summed E-state index contributed by atoms with van der Waals surface area (Å²) in [6, 6.07) is 0. The van der Waals surface area contributed by atoms with Gasteiger partial charge in [0, 0.05) is 0 Å². The van der Waals surface area contributed by atoms with Crippen LogP contribution in [0.3, 0.4) is 0 Å². The molecule has 11 N–H and O–H groups in total. The average molecular weight is 504 g/mol. The van der Waals surface area contributed by atoms with Gasteiger partial charge in [-0.15, -0.1) is 0 Å². The minimum absolute atomic E-state index is 0.741. The molecule has 15 atom stereocenters. The summed E-state index contributed by atoms with van der Waals surface area (Å²) in [6.45, 7) is -2.32. The zero-order chi connectivity index (χ0) is 25.3. The van der Waals surface area contributed by atoms with Crippen molar-refractivity contribution < 1.29 is 79.9 Å². The first-order valence-electron chi connectivity index (χ1n) is 10.6. The van der Waals surface area contributed by atoms with Crippen LogP contribution < -0.4 is 0 Å². The van der Waals surface area contributed by atoms with Gasteiger partial charge in [0.15, 0.2) is 18.9 Å². The van der Waals surface area contributed by atoms with Crippen molar-refractivity contribution in [1.29, 1.82) is 0 Å². The van der Waals surface area contributed by atoms with E-state index < -0.39 is 112 Å². The summed E-state index contributed by atoms with van der Waals surface area (Å²) < 4.78 is 26.4. The predicted molar refractivity (Wildman–Crippen MR) is 101 cm³/mol. The van der Waals surface area contributed by atoms with Gasteiger partial charge in [-0.1, -0.05) is 0 Å². The summed E-state index contributed by atoms with van der Waals surface area (Å²) in [6.07, 6.45) is -25.1. The highest BCUT2D eigenvalue weighted by Gasteiger charge is 2.53. The van der Waals surface area contributed by atoms with E-state index in [4.69, 9.17) is 23.7 Å². The lowest BCUT2D eigenvalue weighted by Gasteiger charge is -2.47. The topological polar surface area (TPSA) is 269 Å². The van der Waals surface area contributed by atoms with Gasteiger partial charge in [0.2, 0.25) is 0 Å². The summed E-state index contributed by atoms with van der Waals surface area (Å²) >= 11 is 0. The van der Waals surface area contributed by atoms with Crippen LogP contribution in [0.2, 0.25) is 0 Å². The van der Waals surface area contributed by atoms with E-state index in [-0.39, 0.29) is 0 Å². The van der Waals surface area contributed by atoms with Crippen LogP contribution in [0.4, 0.5) is 0 Å². The second-order valence-corrected chi connectivity index (χ2v) is 8.33. The number of hydrogen-bond acceptors (Lipinski definition) is 16. The number of hydrogen-bond donors (Lipinski definition) is 11. The van der Waals surface area contributed by atoms with Gasteiger partial charge in [-0.25, -0.2) is 0 Å². The Bertz CT molecular complexity index is 635. The maximum absolute atomic E-state index is 10.6. The van der Waals surface area contributed by atoms with Gasteiger partial charge in [-0.05, 0) is 0 Å². The average Bonchev–Trinajstić information content (AvgIpc) is 2.83. The molecule has 200 valence electrons. The summed E-state index contributed by atoms with van der Waals surface area (Å²) in [7, 11) is 0. The van der Waals surface area contributed by atoms with Crippen molar-refractivity contribution in [1.82, 2.24) is 0 Å². The third-order valence-corrected chi connectivity index (χ3v) is 6.09. The van der Waals surface area contributed by atoms with Crippen LogP contribution in [0, 0.1) is 0 Å². The molecular formula is C18H32O16. The lowest BCUT2D eigenvalue weighted by Crippen LogP contribution is -2.66. The van der Waals surface area contributed by atoms with Crippen LogP contribution in [0.25, 0.3) is 0 Å². The van der Waals surface area contributed by atoms with E-state index in [9.17, 15) is 56.2 Å². The largest absolute Gasteiger partial charge is 0.394 e. The lowest BCUT2D eigenvalue weighted by atomic mass is 9.96. The Hall–Kier alpha value is -0.640. The van der Waals surface area contributed by atoms with Crippen LogP contribution >= 0.6 is 0 Å². The van der Waals surface area contributed by atoms with Crippen molar-refractivity contribution in [3.63, 3.8) is 0 Å². The first kappa shape index (κ1) is 27.9. The molecule has 0 aliphatic carbocycles. The van der Waals surface area contributed by atoms with E-state index in [2.05, 4.69) is 0 Å². The highest BCUT2D eigenvalue weighted by Crippen LogP contribution is 2.32. The molecule has 6 unspecified atom stereocenters. The third kappa shape index (κ3) is 5.37. The van der Waals surface area contributed by atoms with Crippen LogP contribution in [0.1, 0.15) is 0 Å². The maximum Gasteiger partial charge on any atom is 0.187 e. The highest BCUT2D eigenvalue weighted by atomic mass is 16.8. The van der Waals surface area contributed by atoms with Gasteiger partial charge in [-0.2, -0.15) is 0 Å². The van der Waals surface area contributed by atoms with E-state index in [1.807, 2.05) is 0 Å².